The topological polar surface area (TPSA) is 59.3 Å². The predicted molar refractivity (Wildman–Crippen MR) is 79.2 cm³/mol. The summed E-state index contributed by atoms with van der Waals surface area (Å²) in [4.78, 5) is 23.3. The van der Waals surface area contributed by atoms with E-state index in [0.29, 0.717) is 16.8 Å². The van der Waals surface area contributed by atoms with Gasteiger partial charge in [0.25, 0.3) is 0 Å². The second-order valence-electron chi connectivity index (χ2n) is 5.53. The Morgan fingerprint density at radius 1 is 1.27 bits per heavy atom. The van der Waals surface area contributed by atoms with Crippen LogP contribution in [0.5, 0.6) is 0 Å². The highest BCUT2D eigenvalue weighted by Crippen LogP contribution is 2.23. The number of fused-ring (bicyclic) bond motifs is 1. The summed E-state index contributed by atoms with van der Waals surface area (Å²) in [6, 6.07) is 1.81. The first-order valence-corrected chi connectivity index (χ1v) is 6.98. The number of halogens is 2. The first-order chi connectivity index (χ1) is 10.2. The second kappa shape index (κ2) is 5.87. The minimum absolute atomic E-state index is 0.0572. The van der Waals surface area contributed by atoms with E-state index >= 15 is 0 Å². The van der Waals surface area contributed by atoms with E-state index in [-0.39, 0.29) is 24.3 Å². The van der Waals surface area contributed by atoms with Crippen LogP contribution >= 0.6 is 0 Å². The average molecular weight is 309 g/mol. The van der Waals surface area contributed by atoms with E-state index in [2.05, 4.69) is 0 Å². The van der Waals surface area contributed by atoms with Crippen molar-refractivity contribution >= 4 is 16.9 Å². The molecule has 22 heavy (non-hydrogen) atoms. The van der Waals surface area contributed by atoms with Gasteiger partial charge >= 0.3 is 5.97 Å². The SMILES string of the molecule is Cc1c(CCC(=O)O)c(=O)c2cc(F)c(F)cc2n1C(C)C. The third-order valence-electron chi connectivity index (χ3n) is 3.72. The molecule has 0 amide bonds. The number of nitrogens with zero attached hydrogens (tertiary/aromatic N) is 1. The Morgan fingerprint density at radius 2 is 1.86 bits per heavy atom. The molecule has 1 heterocycles. The summed E-state index contributed by atoms with van der Waals surface area (Å²) in [6.07, 6.45) is -0.134. The van der Waals surface area contributed by atoms with Crippen molar-refractivity contribution in [1.29, 1.82) is 0 Å². The Morgan fingerprint density at radius 3 is 2.41 bits per heavy atom. The summed E-state index contributed by atoms with van der Waals surface area (Å²) in [7, 11) is 0. The minimum atomic E-state index is -1.09. The predicted octanol–water partition coefficient (Wildman–Crippen LogP) is 3.19. The molecule has 0 atom stereocenters. The fraction of sp³-hybridized carbons (Fsp3) is 0.375. The van der Waals surface area contributed by atoms with Gasteiger partial charge in [-0.1, -0.05) is 0 Å². The van der Waals surface area contributed by atoms with Crippen LogP contribution in [0.1, 0.15) is 37.6 Å². The van der Waals surface area contributed by atoms with Crippen LogP contribution in [0.15, 0.2) is 16.9 Å². The van der Waals surface area contributed by atoms with Gasteiger partial charge in [0.2, 0.25) is 0 Å². The Bertz CT molecular complexity index is 809. The van der Waals surface area contributed by atoms with Gasteiger partial charge in [0.1, 0.15) is 0 Å². The summed E-state index contributed by atoms with van der Waals surface area (Å²) in [5.41, 5.74) is 0.786. The molecule has 0 aliphatic heterocycles. The zero-order valence-corrected chi connectivity index (χ0v) is 12.6. The summed E-state index contributed by atoms with van der Waals surface area (Å²) >= 11 is 0. The molecule has 0 unspecified atom stereocenters. The van der Waals surface area contributed by atoms with Gasteiger partial charge in [0.15, 0.2) is 17.1 Å². The smallest absolute Gasteiger partial charge is 0.303 e. The van der Waals surface area contributed by atoms with Gasteiger partial charge in [-0.25, -0.2) is 8.78 Å². The minimum Gasteiger partial charge on any atom is -0.481 e. The van der Waals surface area contributed by atoms with E-state index in [4.69, 9.17) is 5.11 Å². The molecule has 4 nitrogen and oxygen atoms in total. The fourth-order valence-corrected chi connectivity index (χ4v) is 2.76. The standard InChI is InChI=1S/C16H17F2NO3/c1-8(2)19-9(3)10(4-5-15(20)21)16(22)11-6-12(17)13(18)7-14(11)19/h6-8H,4-5H2,1-3H3,(H,20,21). The molecule has 0 aliphatic rings. The zero-order chi connectivity index (χ0) is 16.6. The molecule has 0 saturated carbocycles. The number of hydrogen-bond acceptors (Lipinski definition) is 2. The maximum atomic E-state index is 13.5. The van der Waals surface area contributed by atoms with Crippen LogP contribution < -0.4 is 5.43 Å². The van der Waals surface area contributed by atoms with Gasteiger partial charge in [0.05, 0.1) is 5.52 Å². The van der Waals surface area contributed by atoms with Crippen LogP contribution in [0.3, 0.4) is 0 Å². The molecule has 1 aromatic heterocycles. The summed E-state index contributed by atoms with van der Waals surface area (Å²) in [5.74, 6) is -3.12. The van der Waals surface area contributed by atoms with Gasteiger partial charge in [-0.05, 0) is 33.3 Å². The molecular weight excluding hydrogens is 292 g/mol. The van der Waals surface area contributed by atoms with Crippen molar-refractivity contribution in [2.24, 2.45) is 0 Å². The maximum Gasteiger partial charge on any atom is 0.303 e. The lowest BCUT2D eigenvalue weighted by Gasteiger charge is -2.21. The maximum absolute atomic E-state index is 13.5. The molecule has 118 valence electrons. The van der Waals surface area contributed by atoms with Crippen molar-refractivity contribution in [1.82, 2.24) is 4.57 Å². The Kier molecular flexibility index (Phi) is 4.30. The summed E-state index contributed by atoms with van der Waals surface area (Å²) in [5, 5.41) is 8.88. The number of rotatable bonds is 4. The van der Waals surface area contributed by atoms with Gasteiger partial charge in [-0.15, -0.1) is 0 Å². The highest BCUT2D eigenvalue weighted by Gasteiger charge is 2.18. The number of carboxylic acid groups (broad SMARTS) is 1. The van der Waals surface area contributed by atoms with E-state index in [1.165, 1.54) is 0 Å². The molecule has 0 fully saturated rings. The molecule has 0 spiro atoms. The number of aromatic nitrogens is 1. The molecular formula is C16H17F2NO3. The van der Waals surface area contributed by atoms with Gasteiger partial charge in [-0.3, -0.25) is 9.59 Å². The largest absolute Gasteiger partial charge is 0.481 e. The lowest BCUT2D eigenvalue weighted by atomic mass is 10.0. The molecule has 2 rings (SSSR count). The quantitative estimate of drug-likeness (QED) is 0.943. The zero-order valence-electron chi connectivity index (χ0n) is 12.6. The lowest BCUT2D eigenvalue weighted by Crippen LogP contribution is -2.21. The average Bonchev–Trinajstić information content (AvgIpc) is 2.40. The number of benzene rings is 1. The molecule has 1 N–H and O–H groups in total. The molecule has 1 aromatic carbocycles. The first kappa shape index (κ1) is 16.1. The lowest BCUT2D eigenvalue weighted by molar-refractivity contribution is -0.136. The Balaban J connectivity index is 2.85. The fourth-order valence-electron chi connectivity index (χ4n) is 2.76. The van der Waals surface area contributed by atoms with Crippen molar-refractivity contribution in [3.8, 4) is 0 Å². The van der Waals surface area contributed by atoms with Crippen LogP contribution in [-0.2, 0) is 11.2 Å². The van der Waals surface area contributed by atoms with Crippen LogP contribution in [0, 0.1) is 18.6 Å². The van der Waals surface area contributed by atoms with Crippen molar-refractivity contribution in [3.05, 3.63) is 45.2 Å². The van der Waals surface area contributed by atoms with Crippen LogP contribution in [-0.4, -0.2) is 15.6 Å². The number of pyridine rings is 1. The van der Waals surface area contributed by atoms with Crippen LogP contribution in [0.25, 0.3) is 10.9 Å². The normalized spacial score (nSPS) is 11.4. The monoisotopic (exact) mass is 309 g/mol. The van der Waals surface area contributed by atoms with Crippen LogP contribution in [0.2, 0.25) is 0 Å². The molecule has 6 heteroatoms. The van der Waals surface area contributed by atoms with Gasteiger partial charge in [-0.2, -0.15) is 0 Å². The highest BCUT2D eigenvalue weighted by atomic mass is 19.2. The number of carbonyl (C=O) groups is 1. The van der Waals surface area contributed by atoms with Crippen molar-refractivity contribution in [3.63, 3.8) is 0 Å². The number of hydrogen-bond donors (Lipinski definition) is 1. The van der Waals surface area contributed by atoms with E-state index in [1.54, 1.807) is 11.5 Å². The van der Waals surface area contributed by atoms with E-state index in [0.717, 1.165) is 12.1 Å². The Labute approximate surface area is 126 Å². The van der Waals surface area contributed by atoms with E-state index in [9.17, 15) is 18.4 Å². The summed E-state index contributed by atoms with van der Waals surface area (Å²) in [6.45, 7) is 5.41. The molecule has 0 saturated heterocycles. The molecule has 2 aromatic rings. The van der Waals surface area contributed by atoms with Gasteiger partial charge < -0.3 is 9.67 Å². The van der Waals surface area contributed by atoms with Crippen molar-refractivity contribution in [2.75, 3.05) is 0 Å². The van der Waals surface area contributed by atoms with Gasteiger partial charge in [0, 0.05) is 35.2 Å². The molecule has 0 radical (unpaired) electrons. The van der Waals surface area contributed by atoms with Crippen molar-refractivity contribution < 1.29 is 18.7 Å². The summed E-state index contributed by atoms with van der Waals surface area (Å²) < 4.78 is 28.8. The second-order valence-corrected chi connectivity index (χ2v) is 5.53. The third-order valence-corrected chi connectivity index (χ3v) is 3.72. The van der Waals surface area contributed by atoms with Crippen LogP contribution in [0.4, 0.5) is 8.78 Å². The first-order valence-electron chi connectivity index (χ1n) is 6.98. The van der Waals surface area contributed by atoms with Crippen molar-refractivity contribution in [2.45, 2.75) is 39.7 Å². The highest BCUT2D eigenvalue weighted by molar-refractivity contribution is 5.81. The molecule has 0 bridgehead atoms. The number of aliphatic carboxylic acids is 1. The molecule has 0 aliphatic carbocycles. The third kappa shape index (κ3) is 2.73. The van der Waals surface area contributed by atoms with E-state index in [1.807, 2.05) is 13.8 Å². The van der Waals surface area contributed by atoms with E-state index < -0.39 is 23.0 Å². The Hall–Kier alpha value is -2.24. The number of carboxylic acids is 1.